The highest BCUT2D eigenvalue weighted by Crippen LogP contribution is 2.78. The molecule has 5 aliphatic rings. The number of para-hydroxylation sites is 1. The Kier molecular flexibility index (Phi) is 4.29. The largest absolute Gasteiger partial charge is 0.355 e. The van der Waals surface area contributed by atoms with E-state index in [1.54, 1.807) is 12.0 Å². The van der Waals surface area contributed by atoms with Crippen LogP contribution in [0.3, 0.4) is 0 Å². The first-order valence-electron chi connectivity index (χ1n) is 15.2. The van der Waals surface area contributed by atoms with E-state index in [1.807, 2.05) is 0 Å². The third-order valence-corrected chi connectivity index (χ3v) is 12.1. The van der Waals surface area contributed by atoms with Gasteiger partial charge in [0.25, 0.3) is 0 Å². The van der Waals surface area contributed by atoms with Gasteiger partial charge >= 0.3 is 0 Å². The maximum Gasteiger partial charge on any atom is 0.0463 e. The van der Waals surface area contributed by atoms with Crippen LogP contribution < -0.4 is 5.32 Å². The highest BCUT2D eigenvalue weighted by Gasteiger charge is 2.70. The van der Waals surface area contributed by atoms with Crippen molar-refractivity contribution < 1.29 is 0 Å². The first kappa shape index (κ1) is 22.5. The quantitative estimate of drug-likeness (QED) is 0.290. The second kappa shape index (κ2) is 7.45. The van der Waals surface area contributed by atoms with E-state index in [0.717, 1.165) is 28.9 Å². The number of anilines is 2. The lowest BCUT2D eigenvalue weighted by Crippen LogP contribution is -2.42. The number of benzene rings is 4. The van der Waals surface area contributed by atoms with Crippen molar-refractivity contribution in [2.24, 2.45) is 23.2 Å². The lowest BCUT2D eigenvalue weighted by atomic mass is 9.55. The number of rotatable bonds is 4. The molecule has 0 amide bonds. The Morgan fingerprint density at radius 2 is 1.44 bits per heavy atom. The van der Waals surface area contributed by atoms with Crippen molar-refractivity contribution >= 4 is 11.4 Å². The molecule has 3 bridgehead atoms. The van der Waals surface area contributed by atoms with E-state index in [1.165, 1.54) is 71.2 Å². The predicted molar refractivity (Wildman–Crippen MR) is 161 cm³/mol. The summed E-state index contributed by atoms with van der Waals surface area (Å²) in [5.41, 5.74) is 13.3. The number of nitrogens with one attached hydrogen (secondary N) is 1. The summed E-state index contributed by atoms with van der Waals surface area (Å²) in [5.74, 6) is 3.07. The molecule has 5 aliphatic carbocycles. The summed E-state index contributed by atoms with van der Waals surface area (Å²) in [6, 6.07) is 34.4. The first-order chi connectivity index (χ1) is 19.0. The summed E-state index contributed by atoms with van der Waals surface area (Å²) in [5, 5.41) is 3.79. The van der Waals surface area contributed by atoms with Gasteiger partial charge in [-0.25, -0.2) is 0 Å². The molecule has 4 aromatic carbocycles. The fraction of sp³-hybridized carbons (Fsp3) is 0.368. The molecule has 4 saturated carbocycles. The predicted octanol–water partition coefficient (Wildman–Crippen LogP) is 9.87. The van der Waals surface area contributed by atoms with E-state index in [9.17, 15) is 0 Å². The fourth-order valence-electron chi connectivity index (χ4n) is 10.5. The fourth-order valence-corrected chi connectivity index (χ4v) is 10.5. The van der Waals surface area contributed by atoms with Crippen molar-refractivity contribution in [1.82, 2.24) is 0 Å². The highest BCUT2D eigenvalue weighted by molar-refractivity contribution is 5.86. The number of hydrogen-bond donors (Lipinski definition) is 1. The van der Waals surface area contributed by atoms with Gasteiger partial charge in [-0.3, -0.25) is 0 Å². The van der Waals surface area contributed by atoms with Crippen LogP contribution in [-0.2, 0) is 10.8 Å². The van der Waals surface area contributed by atoms with E-state index < -0.39 is 0 Å². The molecule has 0 aromatic heterocycles. The zero-order chi connectivity index (χ0) is 26.0. The molecule has 1 nitrogen and oxygen atoms in total. The van der Waals surface area contributed by atoms with Gasteiger partial charge in [0, 0.05) is 22.4 Å². The monoisotopic (exact) mass is 507 g/mol. The summed E-state index contributed by atoms with van der Waals surface area (Å²) >= 11 is 0. The zero-order valence-electron chi connectivity index (χ0n) is 23.1. The highest BCUT2D eigenvalue weighted by atomic mass is 14.9. The topological polar surface area (TPSA) is 12.0 Å². The average Bonchev–Trinajstić information content (AvgIpc) is 3.39. The van der Waals surface area contributed by atoms with Gasteiger partial charge in [-0.05, 0) is 119 Å². The SMILES string of the molecule is CC1(C)c2ccccc2-c2cc(Nc3ccccc3-c3ccc(C45CC6CC7CC(C4)C7(C6)C5)cc3)ccc21. The summed E-state index contributed by atoms with van der Waals surface area (Å²) in [6.45, 7) is 4.69. The van der Waals surface area contributed by atoms with Crippen LogP contribution in [-0.4, -0.2) is 0 Å². The Morgan fingerprint density at radius 1 is 0.667 bits per heavy atom. The van der Waals surface area contributed by atoms with Gasteiger partial charge in [0.2, 0.25) is 0 Å². The van der Waals surface area contributed by atoms with Gasteiger partial charge in [0.05, 0.1) is 0 Å². The minimum Gasteiger partial charge on any atom is -0.355 e. The van der Waals surface area contributed by atoms with Gasteiger partial charge in [0.1, 0.15) is 0 Å². The Hall–Kier alpha value is -3.32. The minimum atomic E-state index is 0.0425. The molecule has 39 heavy (non-hydrogen) atoms. The molecular formula is C38H37N. The van der Waals surface area contributed by atoms with E-state index in [0.29, 0.717) is 5.41 Å². The van der Waals surface area contributed by atoms with Crippen LogP contribution in [0.2, 0.25) is 0 Å². The summed E-state index contributed by atoms with van der Waals surface area (Å²) in [6.07, 6.45) is 8.98. The van der Waals surface area contributed by atoms with Crippen LogP contribution >= 0.6 is 0 Å². The second-order valence-electron chi connectivity index (χ2n) is 14.2. The van der Waals surface area contributed by atoms with Gasteiger partial charge in [-0.1, -0.05) is 86.6 Å². The lowest BCUT2D eigenvalue weighted by molar-refractivity contribution is -0.000160. The maximum absolute atomic E-state index is 3.79. The molecule has 4 aromatic rings. The molecule has 1 N–H and O–H groups in total. The van der Waals surface area contributed by atoms with E-state index in [4.69, 9.17) is 0 Å². The molecule has 1 heteroatoms. The number of hydrogen-bond acceptors (Lipinski definition) is 1. The molecule has 4 fully saturated rings. The lowest BCUT2D eigenvalue weighted by Gasteiger charge is -2.49. The molecule has 0 saturated heterocycles. The molecule has 0 heterocycles. The van der Waals surface area contributed by atoms with Crippen molar-refractivity contribution in [3.05, 3.63) is 108 Å². The van der Waals surface area contributed by atoms with Crippen LogP contribution in [0, 0.1) is 23.2 Å². The van der Waals surface area contributed by atoms with Crippen molar-refractivity contribution in [1.29, 1.82) is 0 Å². The molecule has 0 radical (unpaired) electrons. The molecule has 5 atom stereocenters. The summed E-state index contributed by atoms with van der Waals surface area (Å²) in [4.78, 5) is 0. The van der Waals surface area contributed by atoms with Crippen molar-refractivity contribution in [3.63, 3.8) is 0 Å². The molecule has 194 valence electrons. The van der Waals surface area contributed by atoms with Gasteiger partial charge in [-0.15, -0.1) is 0 Å². The molecule has 1 spiro atoms. The van der Waals surface area contributed by atoms with E-state index in [2.05, 4.69) is 110 Å². The molecular weight excluding hydrogens is 470 g/mol. The number of fused-ring (bicyclic) bond motifs is 5. The molecule has 9 rings (SSSR count). The Balaban J connectivity index is 1.03. The average molecular weight is 508 g/mol. The van der Waals surface area contributed by atoms with Gasteiger partial charge in [0.15, 0.2) is 0 Å². The Morgan fingerprint density at radius 3 is 2.31 bits per heavy atom. The van der Waals surface area contributed by atoms with E-state index in [-0.39, 0.29) is 5.41 Å². The Labute approximate surface area is 232 Å². The molecule has 0 aliphatic heterocycles. The molecule has 5 unspecified atom stereocenters. The van der Waals surface area contributed by atoms with Crippen molar-refractivity contribution in [3.8, 4) is 22.3 Å². The van der Waals surface area contributed by atoms with Gasteiger partial charge < -0.3 is 5.32 Å². The third-order valence-electron chi connectivity index (χ3n) is 12.1. The van der Waals surface area contributed by atoms with Gasteiger partial charge in [-0.2, -0.15) is 0 Å². The van der Waals surface area contributed by atoms with Crippen molar-refractivity contribution in [2.75, 3.05) is 5.32 Å². The van der Waals surface area contributed by atoms with Crippen LogP contribution in [0.1, 0.15) is 69.1 Å². The third kappa shape index (κ3) is 2.92. The summed E-state index contributed by atoms with van der Waals surface area (Å²) in [7, 11) is 0. The second-order valence-corrected chi connectivity index (χ2v) is 14.2. The normalized spacial score (nSPS) is 31.9. The minimum absolute atomic E-state index is 0.0425. The zero-order valence-corrected chi connectivity index (χ0v) is 23.1. The standard InChI is InChI=1S/C38H37N/c1-36(2)33-9-5-3-8-31(33)32-19-29(15-16-34(32)36)39-35-10-6-4-7-30(35)25-11-13-26(14-12-25)37-20-24-17-27-18-28(22-37)38(27,21-24)23-37/h3-16,19,24,27-28,39H,17-18,20-23H2,1-2H3. The summed E-state index contributed by atoms with van der Waals surface area (Å²) < 4.78 is 0. The first-order valence-corrected chi connectivity index (χ1v) is 15.2. The van der Waals surface area contributed by atoms with Crippen LogP contribution in [0.4, 0.5) is 11.4 Å². The van der Waals surface area contributed by atoms with Crippen LogP contribution in [0.15, 0.2) is 91.0 Å². The van der Waals surface area contributed by atoms with Crippen LogP contribution in [0.5, 0.6) is 0 Å². The van der Waals surface area contributed by atoms with E-state index >= 15 is 0 Å². The van der Waals surface area contributed by atoms with Crippen LogP contribution in [0.25, 0.3) is 22.3 Å². The Bertz CT molecular complexity index is 1640. The van der Waals surface area contributed by atoms with Crippen molar-refractivity contribution in [2.45, 2.75) is 63.2 Å². The maximum atomic E-state index is 3.79. The smallest absolute Gasteiger partial charge is 0.0463 e.